The highest BCUT2D eigenvalue weighted by atomic mass is 79.9. The number of anilines is 1. The first-order valence-electron chi connectivity index (χ1n) is 5.16. The maximum absolute atomic E-state index is 11.7. The van der Waals surface area contributed by atoms with Gasteiger partial charge in [-0.2, -0.15) is 0 Å². The number of carbonyl (C=O) groups is 1. The van der Waals surface area contributed by atoms with E-state index in [0.717, 1.165) is 15.7 Å². The molecule has 0 saturated carbocycles. The molecule has 1 aliphatic heterocycles. The number of benzene rings is 1. The van der Waals surface area contributed by atoms with Crippen molar-refractivity contribution in [2.24, 2.45) is 5.73 Å². The van der Waals surface area contributed by atoms with Gasteiger partial charge < -0.3 is 11.1 Å². The first-order valence-corrected chi connectivity index (χ1v) is 5.95. The zero-order valence-electron chi connectivity index (χ0n) is 9.03. The Labute approximate surface area is 103 Å². The van der Waals surface area contributed by atoms with Crippen molar-refractivity contribution in [1.82, 2.24) is 5.32 Å². The molecule has 5 heteroatoms. The molecule has 2 rings (SSSR count). The van der Waals surface area contributed by atoms with Crippen molar-refractivity contribution in [2.45, 2.75) is 13.0 Å². The van der Waals surface area contributed by atoms with E-state index in [1.165, 1.54) is 0 Å². The number of halogens is 1. The second-order valence-corrected chi connectivity index (χ2v) is 4.84. The van der Waals surface area contributed by atoms with Crippen LogP contribution in [-0.4, -0.2) is 25.2 Å². The normalized spacial score (nSPS) is 20.1. The molecule has 1 heterocycles. The fourth-order valence-electron chi connectivity index (χ4n) is 1.86. The molecule has 2 amide bonds. The Hall–Kier alpha value is -1.07. The lowest BCUT2D eigenvalue weighted by molar-refractivity contribution is 0.251. The Bertz CT molecular complexity index is 422. The number of aryl methyl sites for hydroxylation is 1. The second kappa shape index (κ2) is 4.43. The average Bonchev–Trinajstić information content (AvgIpc) is 2.60. The highest BCUT2D eigenvalue weighted by Gasteiger charge is 2.29. The molecule has 1 aromatic carbocycles. The van der Waals surface area contributed by atoms with Crippen LogP contribution >= 0.6 is 15.9 Å². The number of rotatable bonds is 2. The van der Waals surface area contributed by atoms with Crippen molar-refractivity contribution in [3.63, 3.8) is 0 Å². The number of hydrogen-bond acceptors (Lipinski definition) is 2. The van der Waals surface area contributed by atoms with E-state index in [0.29, 0.717) is 13.1 Å². The molecule has 1 atom stereocenters. The summed E-state index contributed by atoms with van der Waals surface area (Å²) in [7, 11) is 0. The second-order valence-electron chi connectivity index (χ2n) is 3.92. The maximum Gasteiger partial charge on any atom is 0.322 e. The quantitative estimate of drug-likeness (QED) is 0.867. The molecule has 0 radical (unpaired) electrons. The van der Waals surface area contributed by atoms with Gasteiger partial charge in [-0.3, -0.25) is 4.90 Å². The van der Waals surface area contributed by atoms with Crippen molar-refractivity contribution in [3.8, 4) is 0 Å². The summed E-state index contributed by atoms with van der Waals surface area (Å²) in [5.41, 5.74) is 7.56. The third-order valence-electron chi connectivity index (χ3n) is 2.71. The summed E-state index contributed by atoms with van der Waals surface area (Å²) in [6, 6.07) is 5.86. The molecule has 0 spiro atoms. The molecule has 0 bridgehead atoms. The molecule has 16 heavy (non-hydrogen) atoms. The number of nitrogens with one attached hydrogen (secondary N) is 1. The third kappa shape index (κ3) is 2.05. The fraction of sp³-hybridized carbons (Fsp3) is 0.364. The van der Waals surface area contributed by atoms with E-state index < -0.39 is 0 Å². The molecular weight excluding hydrogens is 270 g/mol. The summed E-state index contributed by atoms with van der Waals surface area (Å²) in [6.07, 6.45) is 0. The van der Waals surface area contributed by atoms with E-state index in [1.54, 1.807) is 4.90 Å². The average molecular weight is 284 g/mol. The van der Waals surface area contributed by atoms with Gasteiger partial charge in [-0.15, -0.1) is 0 Å². The van der Waals surface area contributed by atoms with Crippen molar-refractivity contribution in [3.05, 3.63) is 28.2 Å². The van der Waals surface area contributed by atoms with Gasteiger partial charge in [0.15, 0.2) is 0 Å². The van der Waals surface area contributed by atoms with Crippen LogP contribution in [0.1, 0.15) is 5.56 Å². The van der Waals surface area contributed by atoms with Gasteiger partial charge in [0.25, 0.3) is 0 Å². The number of carbonyl (C=O) groups excluding carboxylic acids is 1. The van der Waals surface area contributed by atoms with Crippen molar-refractivity contribution in [2.75, 3.05) is 18.0 Å². The van der Waals surface area contributed by atoms with Gasteiger partial charge >= 0.3 is 6.03 Å². The van der Waals surface area contributed by atoms with Crippen LogP contribution in [0.2, 0.25) is 0 Å². The highest BCUT2D eigenvalue weighted by molar-refractivity contribution is 9.10. The third-order valence-corrected chi connectivity index (χ3v) is 3.20. The largest absolute Gasteiger partial charge is 0.332 e. The minimum absolute atomic E-state index is 0.0514. The van der Waals surface area contributed by atoms with Gasteiger partial charge in [0, 0.05) is 23.2 Å². The van der Waals surface area contributed by atoms with Crippen molar-refractivity contribution in [1.29, 1.82) is 0 Å². The summed E-state index contributed by atoms with van der Waals surface area (Å²) in [6.45, 7) is 3.10. The van der Waals surface area contributed by atoms with Gasteiger partial charge in [-0.05, 0) is 30.7 Å². The molecular formula is C11H14BrN3O. The SMILES string of the molecule is Cc1cc(Br)ccc1N1CC(CN)NC1=O. The fourth-order valence-corrected chi connectivity index (χ4v) is 2.34. The first kappa shape index (κ1) is 11.4. The molecule has 4 nitrogen and oxygen atoms in total. The van der Waals surface area contributed by atoms with Crippen LogP contribution in [0.3, 0.4) is 0 Å². The number of amides is 2. The molecule has 1 aromatic rings. The van der Waals surface area contributed by atoms with Gasteiger partial charge in [-0.1, -0.05) is 15.9 Å². The predicted octanol–water partition coefficient (Wildman–Crippen LogP) is 1.61. The van der Waals surface area contributed by atoms with E-state index in [1.807, 2.05) is 25.1 Å². The Morgan fingerprint density at radius 1 is 1.62 bits per heavy atom. The monoisotopic (exact) mass is 283 g/mol. The van der Waals surface area contributed by atoms with E-state index >= 15 is 0 Å². The van der Waals surface area contributed by atoms with Gasteiger partial charge in [-0.25, -0.2) is 4.79 Å². The van der Waals surface area contributed by atoms with Crippen LogP contribution in [0, 0.1) is 6.92 Å². The molecule has 3 N–H and O–H groups in total. The molecule has 1 fully saturated rings. The Balaban J connectivity index is 2.28. The first-order chi connectivity index (χ1) is 7.61. The number of nitrogens with zero attached hydrogens (tertiary/aromatic N) is 1. The molecule has 1 aliphatic rings. The highest BCUT2D eigenvalue weighted by Crippen LogP contribution is 2.25. The lowest BCUT2D eigenvalue weighted by atomic mass is 10.2. The lowest BCUT2D eigenvalue weighted by Gasteiger charge is -2.17. The number of hydrogen-bond donors (Lipinski definition) is 2. The van der Waals surface area contributed by atoms with Gasteiger partial charge in [0.2, 0.25) is 0 Å². The lowest BCUT2D eigenvalue weighted by Crippen LogP contribution is -2.33. The molecule has 0 aromatic heterocycles. The minimum atomic E-state index is -0.0686. The van der Waals surface area contributed by atoms with E-state index in [9.17, 15) is 4.79 Å². The predicted molar refractivity (Wildman–Crippen MR) is 67.6 cm³/mol. The van der Waals surface area contributed by atoms with Crippen LogP contribution in [0.4, 0.5) is 10.5 Å². The van der Waals surface area contributed by atoms with E-state index in [2.05, 4.69) is 21.2 Å². The van der Waals surface area contributed by atoms with E-state index in [-0.39, 0.29) is 12.1 Å². The van der Waals surface area contributed by atoms with Crippen LogP contribution in [-0.2, 0) is 0 Å². The zero-order chi connectivity index (χ0) is 11.7. The summed E-state index contributed by atoms with van der Waals surface area (Å²) in [5, 5.41) is 2.84. The maximum atomic E-state index is 11.7. The van der Waals surface area contributed by atoms with Crippen molar-refractivity contribution < 1.29 is 4.79 Å². The Morgan fingerprint density at radius 3 is 2.94 bits per heavy atom. The summed E-state index contributed by atoms with van der Waals surface area (Å²) in [4.78, 5) is 13.5. The number of urea groups is 1. The topological polar surface area (TPSA) is 58.4 Å². The van der Waals surface area contributed by atoms with Crippen LogP contribution in [0.15, 0.2) is 22.7 Å². The van der Waals surface area contributed by atoms with Crippen LogP contribution in [0.25, 0.3) is 0 Å². The number of nitrogens with two attached hydrogens (primary N) is 1. The van der Waals surface area contributed by atoms with E-state index in [4.69, 9.17) is 5.73 Å². The van der Waals surface area contributed by atoms with Crippen molar-refractivity contribution >= 4 is 27.6 Å². The van der Waals surface area contributed by atoms with Crippen LogP contribution < -0.4 is 16.0 Å². The summed E-state index contributed by atoms with van der Waals surface area (Å²) in [5.74, 6) is 0. The van der Waals surface area contributed by atoms with Gasteiger partial charge in [0.1, 0.15) is 0 Å². The zero-order valence-corrected chi connectivity index (χ0v) is 10.6. The minimum Gasteiger partial charge on any atom is -0.332 e. The Kier molecular flexibility index (Phi) is 3.16. The Morgan fingerprint density at radius 2 is 2.38 bits per heavy atom. The smallest absolute Gasteiger partial charge is 0.322 e. The molecule has 0 aliphatic carbocycles. The summed E-state index contributed by atoms with van der Waals surface area (Å²) < 4.78 is 1.02. The summed E-state index contributed by atoms with van der Waals surface area (Å²) >= 11 is 3.41. The molecule has 86 valence electrons. The van der Waals surface area contributed by atoms with Crippen LogP contribution in [0.5, 0.6) is 0 Å². The molecule has 1 saturated heterocycles. The standard InChI is InChI=1S/C11H14BrN3O/c1-7-4-8(12)2-3-10(7)15-6-9(5-13)14-11(15)16/h2-4,9H,5-6,13H2,1H3,(H,14,16). The molecule has 1 unspecified atom stereocenters. The van der Waals surface area contributed by atoms with Gasteiger partial charge in [0.05, 0.1) is 6.04 Å².